The zero-order valence-electron chi connectivity index (χ0n) is 16.1. The highest BCUT2D eigenvalue weighted by Gasteiger charge is 2.29. The molecule has 6 heteroatoms. The molecule has 0 radical (unpaired) electrons. The minimum atomic E-state index is 0.00162. The number of rotatable bonds is 7. The van der Waals surface area contributed by atoms with E-state index in [9.17, 15) is 4.79 Å². The summed E-state index contributed by atoms with van der Waals surface area (Å²) in [4.78, 5) is 24.8. The number of imidazole rings is 1. The summed E-state index contributed by atoms with van der Waals surface area (Å²) in [5, 5.41) is 0. The summed E-state index contributed by atoms with van der Waals surface area (Å²) in [6.45, 7) is 10.7. The molecule has 26 heavy (non-hydrogen) atoms. The molecule has 0 aliphatic carbocycles. The molecule has 1 atom stereocenters. The van der Waals surface area contributed by atoms with E-state index in [0.29, 0.717) is 12.3 Å². The topological polar surface area (TPSA) is 65.4 Å². The number of carbonyl (C=O) groups excluding carboxylic acids is 1. The summed E-state index contributed by atoms with van der Waals surface area (Å²) >= 11 is 0. The van der Waals surface area contributed by atoms with Gasteiger partial charge in [-0.1, -0.05) is 20.8 Å². The van der Waals surface area contributed by atoms with Crippen LogP contribution in [-0.4, -0.2) is 51.9 Å². The summed E-state index contributed by atoms with van der Waals surface area (Å²) in [5.41, 5.74) is 1.14. The van der Waals surface area contributed by atoms with Gasteiger partial charge in [-0.25, -0.2) is 4.98 Å². The first-order valence-electron chi connectivity index (χ1n) is 9.78. The number of piperidine rings is 1. The SMILES string of the molecule is CCc1oc(C(=O)N2CCC[C@@H](c3ncc[nH]3)C2)cc1CN(CC)CC. The van der Waals surface area contributed by atoms with Crippen LogP contribution in [0.2, 0.25) is 0 Å². The number of aryl methyl sites for hydroxylation is 1. The van der Waals surface area contributed by atoms with Crippen LogP contribution < -0.4 is 0 Å². The Hall–Kier alpha value is -2.08. The number of hydrogen-bond donors (Lipinski definition) is 1. The molecule has 1 fully saturated rings. The van der Waals surface area contributed by atoms with E-state index >= 15 is 0 Å². The Morgan fingerprint density at radius 2 is 2.19 bits per heavy atom. The summed E-state index contributed by atoms with van der Waals surface area (Å²) in [5.74, 6) is 2.66. The largest absolute Gasteiger partial charge is 0.456 e. The van der Waals surface area contributed by atoms with Crippen molar-refractivity contribution in [1.82, 2.24) is 19.8 Å². The van der Waals surface area contributed by atoms with Crippen LogP contribution >= 0.6 is 0 Å². The van der Waals surface area contributed by atoms with Crippen LogP contribution in [0.5, 0.6) is 0 Å². The van der Waals surface area contributed by atoms with E-state index in [1.54, 1.807) is 6.20 Å². The van der Waals surface area contributed by atoms with E-state index in [1.165, 1.54) is 0 Å². The van der Waals surface area contributed by atoms with Crippen molar-refractivity contribution in [1.29, 1.82) is 0 Å². The Kier molecular flexibility index (Phi) is 6.14. The van der Waals surface area contributed by atoms with Gasteiger partial charge >= 0.3 is 0 Å². The van der Waals surface area contributed by atoms with Crippen LogP contribution in [-0.2, 0) is 13.0 Å². The average Bonchev–Trinajstić information content (AvgIpc) is 3.35. The highest BCUT2D eigenvalue weighted by atomic mass is 16.4. The molecule has 0 bridgehead atoms. The van der Waals surface area contributed by atoms with Gasteiger partial charge in [-0.05, 0) is 32.0 Å². The minimum Gasteiger partial charge on any atom is -0.456 e. The molecular weight excluding hydrogens is 328 g/mol. The second kappa shape index (κ2) is 8.54. The first-order chi connectivity index (χ1) is 12.7. The maximum atomic E-state index is 13.0. The molecule has 0 saturated carbocycles. The molecule has 2 aromatic heterocycles. The average molecular weight is 358 g/mol. The zero-order chi connectivity index (χ0) is 18.5. The third kappa shape index (κ3) is 4.01. The van der Waals surface area contributed by atoms with E-state index in [2.05, 4.69) is 35.6 Å². The highest BCUT2D eigenvalue weighted by molar-refractivity contribution is 5.92. The van der Waals surface area contributed by atoms with Crippen molar-refractivity contribution < 1.29 is 9.21 Å². The molecule has 3 heterocycles. The second-order valence-electron chi connectivity index (χ2n) is 6.94. The van der Waals surface area contributed by atoms with Crippen molar-refractivity contribution in [2.24, 2.45) is 0 Å². The third-order valence-corrected chi connectivity index (χ3v) is 5.33. The fourth-order valence-corrected chi connectivity index (χ4v) is 3.73. The molecule has 0 spiro atoms. The number of amides is 1. The molecular formula is C20H30N4O2. The van der Waals surface area contributed by atoms with Gasteiger partial charge in [-0.2, -0.15) is 0 Å². The van der Waals surface area contributed by atoms with Gasteiger partial charge in [0, 0.05) is 49.9 Å². The van der Waals surface area contributed by atoms with E-state index in [-0.39, 0.29) is 11.8 Å². The van der Waals surface area contributed by atoms with Crippen molar-refractivity contribution >= 4 is 5.91 Å². The molecule has 142 valence electrons. The number of furan rings is 1. The molecule has 2 aromatic rings. The van der Waals surface area contributed by atoms with E-state index in [1.807, 2.05) is 17.2 Å². The molecule has 1 saturated heterocycles. The van der Waals surface area contributed by atoms with Crippen molar-refractivity contribution in [3.8, 4) is 0 Å². The smallest absolute Gasteiger partial charge is 0.289 e. The third-order valence-electron chi connectivity index (χ3n) is 5.33. The van der Waals surface area contributed by atoms with Crippen molar-refractivity contribution in [3.05, 3.63) is 41.4 Å². The molecule has 0 aromatic carbocycles. The van der Waals surface area contributed by atoms with Crippen LogP contribution in [0.4, 0.5) is 0 Å². The number of hydrogen-bond acceptors (Lipinski definition) is 4. The van der Waals surface area contributed by atoms with E-state index < -0.39 is 0 Å². The fraction of sp³-hybridized carbons (Fsp3) is 0.600. The number of aromatic nitrogens is 2. The summed E-state index contributed by atoms with van der Waals surface area (Å²) in [7, 11) is 0. The lowest BCUT2D eigenvalue weighted by Crippen LogP contribution is -2.39. The molecule has 1 N–H and O–H groups in total. The van der Waals surface area contributed by atoms with Gasteiger partial charge in [0.05, 0.1) is 0 Å². The van der Waals surface area contributed by atoms with E-state index in [0.717, 1.165) is 62.6 Å². The van der Waals surface area contributed by atoms with Crippen molar-refractivity contribution in [3.63, 3.8) is 0 Å². The predicted molar refractivity (Wildman–Crippen MR) is 101 cm³/mol. The van der Waals surface area contributed by atoms with Gasteiger partial charge < -0.3 is 14.3 Å². The maximum absolute atomic E-state index is 13.0. The van der Waals surface area contributed by atoms with Crippen molar-refractivity contribution in [2.75, 3.05) is 26.2 Å². The van der Waals surface area contributed by atoms with Gasteiger partial charge in [-0.15, -0.1) is 0 Å². The van der Waals surface area contributed by atoms with Gasteiger partial charge in [0.1, 0.15) is 11.6 Å². The fourth-order valence-electron chi connectivity index (χ4n) is 3.73. The second-order valence-corrected chi connectivity index (χ2v) is 6.94. The summed E-state index contributed by atoms with van der Waals surface area (Å²) < 4.78 is 5.95. The Bertz CT molecular complexity index is 703. The number of likely N-dealkylation sites (tertiary alicyclic amines) is 1. The Morgan fingerprint density at radius 3 is 2.85 bits per heavy atom. The molecule has 3 rings (SSSR count). The quantitative estimate of drug-likeness (QED) is 0.823. The molecule has 1 aliphatic heterocycles. The lowest BCUT2D eigenvalue weighted by Gasteiger charge is -2.31. The van der Waals surface area contributed by atoms with Crippen LogP contribution in [0.15, 0.2) is 22.9 Å². The van der Waals surface area contributed by atoms with Gasteiger partial charge in [0.15, 0.2) is 5.76 Å². The van der Waals surface area contributed by atoms with Crippen molar-refractivity contribution in [2.45, 2.75) is 52.5 Å². The number of nitrogens with one attached hydrogen (secondary N) is 1. The maximum Gasteiger partial charge on any atom is 0.289 e. The van der Waals surface area contributed by atoms with Crippen LogP contribution in [0.1, 0.15) is 67.2 Å². The van der Waals surface area contributed by atoms with Gasteiger partial charge in [-0.3, -0.25) is 9.69 Å². The van der Waals surface area contributed by atoms with Gasteiger partial charge in [0.25, 0.3) is 5.91 Å². The Balaban J connectivity index is 1.73. The van der Waals surface area contributed by atoms with Crippen LogP contribution in [0.25, 0.3) is 0 Å². The first kappa shape index (κ1) is 18.7. The van der Waals surface area contributed by atoms with E-state index in [4.69, 9.17) is 4.42 Å². The molecule has 1 aliphatic rings. The van der Waals surface area contributed by atoms with Crippen LogP contribution in [0, 0.1) is 0 Å². The molecule has 0 unspecified atom stereocenters. The summed E-state index contributed by atoms with van der Waals surface area (Å²) in [6, 6.07) is 1.95. The highest BCUT2D eigenvalue weighted by Crippen LogP contribution is 2.27. The zero-order valence-corrected chi connectivity index (χ0v) is 16.1. The number of nitrogens with zero attached hydrogens (tertiary/aromatic N) is 3. The Labute approximate surface area is 155 Å². The summed E-state index contributed by atoms with van der Waals surface area (Å²) in [6.07, 6.45) is 6.47. The predicted octanol–water partition coefficient (Wildman–Crippen LogP) is 3.43. The van der Waals surface area contributed by atoms with Gasteiger partial charge in [0.2, 0.25) is 0 Å². The Morgan fingerprint density at radius 1 is 1.38 bits per heavy atom. The first-order valence-corrected chi connectivity index (χ1v) is 9.78. The van der Waals surface area contributed by atoms with Crippen LogP contribution in [0.3, 0.4) is 0 Å². The number of carbonyl (C=O) groups is 1. The normalized spacial score (nSPS) is 17.8. The molecule has 6 nitrogen and oxygen atoms in total. The lowest BCUT2D eigenvalue weighted by molar-refractivity contribution is 0.0671. The molecule has 1 amide bonds. The standard InChI is InChI=1S/C20H30N4O2/c1-4-17-16(13-23(5-2)6-3)12-18(26-17)20(25)24-11-7-8-15(14-24)19-21-9-10-22-19/h9-10,12,15H,4-8,11,13-14H2,1-3H3,(H,21,22)/t15-/m1/s1. The monoisotopic (exact) mass is 358 g/mol. The number of aromatic amines is 1. The minimum absolute atomic E-state index is 0.00162. The lowest BCUT2D eigenvalue weighted by atomic mass is 9.97. The number of H-pyrrole nitrogens is 1.